The first-order chi connectivity index (χ1) is 5.83. The maximum Gasteiger partial charge on any atom is 0.150 e. The highest BCUT2D eigenvalue weighted by Gasteiger charge is 2.07. The Balaban J connectivity index is 2.82. The maximum atomic E-state index is 13.0. The van der Waals surface area contributed by atoms with E-state index in [9.17, 15) is 4.39 Å². The molecule has 0 amide bonds. The van der Waals surface area contributed by atoms with E-state index in [1.807, 2.05) is 0 Å². The first-order valence-corrected chi connectivity index (χ1v) is 4.26. The highest BCUT2D eigenvalue weighted by Crippen LogP contribution is 2.29. The lowest BCUT2D eigenvalue weighted by atomic mass is 10.3. The Hall–Kier alpha value is -1.16. The number of methoxy groups -OCH3 is 1. The van der Waals surface area contributed by atoms with Crippen molar-refractivity contribution in [2.75, 3.05) is 7.11 Å². The average Bonchev–Trinajstić information content (AvgIpc) is 2.54. The largest absolute Gasteiger partial charge is 0.495 e. The first kappa shape index (κ1) is 7.49. The van der Waals surface area contributed by atoms with Gasteiger partial charge in [-0.15, -0.1) is 11.3 Å². The molecule has 0 atom stereocenters. The lowest BCUT2D eigenvalue weighted by molar-refractivity contribution is 0.420. The van der Waals surface area contributed by atoms with Crippen LogP contribution in [-0.4, -0.2) is 12.1 Å². The number of fused-ring (bicyclic) bond motifs is 1. The van der Waals surface area contributed by atoms with Gasteiger partial charge in [0.05, 0.1) is 17.3 Å². The Morgan fingerprint density at radius 1 is 1.50 bits per heavy atom. The van der Waals surface area contributed by atoms with Gasteiger partial charge >= 0.3 is 0 Å². The van der Waals surface area contributed by atoms with E-state index >= 15 is 0 Å². The summed E-state index contributed by atoms with van der Waals surface area (Å²) in [5.41, 5.74) is 2.00. The molecule has 2 aromatic rings. The van der Waals surface area contributed by atoms with Crippen LogP contribution in [0.15, 0.2) is 17.6 Å². The molecule has 0 aliphatic rings. The second-order valence-corrected chi connectivity index (χ2v) is 3.13. The number of ether oxygens (including phenoxy) is 1. The molecule has 0 saturated heterocycles. The van der Waals surface area contributed by atoms with E-state index in [2.05, 4.69) is 4.98 Å². The van der Waals surface area contributed by atoms with Gasteiger partial charge in [0.1, 0.15) is 11.3 Å². The fourth-order valence-electron chi connectivity index (χ4n) is 1.06. The van der Waals surface area contributed by atoms with E-state index in [-0.39, 0.29) is 5.82 Å². The minimum absolute atomic E-state index is 0.299. The van der Waals surface area contributed by atoms with Crippen molar-refractivity contribution in [2.45, 2.75) is 0 Å². The molecule has 12 heavy (non-hydrogen) atoms. The van der Waals surface area contributed by atoms with E-state index in [4.69, 9.17) is 4.74 Å². The normalized spacial score (nSPS) is 10.5. The first-order valence-electron chi connectivity index (χ1n) is 3.38. The van der Waals surface area contributed by atoms with Gasteiger partial charge < -0.3 is 4.74 Å². The highest BCUT2D eigenvalue weighted by molar-refractivity contribution is 7.17. The van der Waals surface area contributed by atoms with Gasteiger partial charge in [0.25, 0.3) is 0 Å². The summed E-state index contributed by atoms with van der Waals surface area (Å²) in [6.07, 6.45) is 0. The molecule has 0 saturated carbocycles. The zero-order valence-corrected chi connectivity index (χ0v) is 7.19. The third-order valence-corrected chi connectivity index (χ3v) is 2.46. The van der Waals surface area contributed by atoms with E-state index in [0.717, 1.165) is 4.70 Å². The summed E-state index contributed by atoms with van der Waals surface area (Å²) in [5, 5.41) is 0. The minimum Gasteiger partial charge on any atom is -0.495 e. The van der Waals surface area contributed by atoms with Gasteiger partial charge in [0, 0.05) is 0 Å². The summed E-state index contributed by atoms with van der Waals surface area (Å²) in [7, 11) is 1.56. The van der Waals surface area contributed by atoms with E-state index < -0.39 is 0 Å². The molecule has 0 aliphatic heterocycles. The molecule has 0 bridgehead atoms. The number of aromatic nitrogens is 1. The number of thiazole rings is 1. The second-order valence-electron chi connectivity index (χ2n) is 2.28. The maximum absolute atomic E-state index is 13.0. The molecule has 1 aromatic carbocycles. The van der Waals surface area contributed by atoms with Crippen molar-refractivity contribution in [3.05, 3.63) is 23.5 Å². The van der Waals surface area contributed by atoms with Crippen LogP contribution in [0.1, 0.15) is 0 Å². The van der Waals surface area contributed by atoms with Crippen LogP contribution in [0.25, 0.3) is 10.2 Å². The van der Waals surface area contributed by atoms with Crippen molar-refractivity contribution in [3.63, 3.8) is 0 Å². The predicted octanol–water partition coefficient (Wildman–Crippen LogP) is 2.44. The molecular weight excluding hydrogens is 177 g/mol. The van der Waals surface area contributed by atoms with Gasteiger partial charge in [-0.3, -0.25) is 0 Å². The zero-order chi connectivity index (χ0) is 8.55. The third-order valence-electron chi connectivity index (χ3n) is 1.62. The van der Waals surface area contributed by atoms with Crippen molar-refractivity contribution >= 4 is 21.6 Å². The Labute approximate surface area is 72.6 Å². The van der Waals surface area contributed by atoms with Gasteiger partial charge in [0.2, 0.25) is 0 Å². The monoisotopic (exact) mass is 183 g/mol. The molecule has 2 rings (SSSR count). The van der Waals surface area contributed by atoms with Gasteiger partial charge in [-0.25, -0.2) is 9.37 Å². The summed E-state index contributed by atoms with van der Waals surface area (Å²) < 4.78 is 18.8. The van der Waals surface area contributed by atoms with Gasteiger partial charge in [-0.05, 0) is 12.1 Å². The Bertz CT molecular complexity index is 412. The van der Waals surface area contributed by atoms with Gasteiger partial charge in [-0.2, -0.15) is 0 Å². The van der Waals surface area contributed by atoms with E-state index in [1.165, 1.54) is 17.4 Å². The summed E-state index contributed by atoms with van der Waals surface area (Å²) in [5.74, 6) is 0.376. The molecule has 62 valence electrons. The number of benzene rings is 1. The van der Waals surface area contributed by atoms with Crippen LogP contribution >= 0.6 is 11.3 Å². The quantitative estimate of drug-likeness (QED) is 0.677. The third kappa shape index (κ3) is 0.956. The van der Waals surface area contributed by atoms with Crippen LogP contribution in [0, 0.1) is 5.82 Å². The molecule has 0 aliphatic carbocycles. The Morgan fingerprint density at radius 2 is 2.33 bits per heavy atom. The van der Waals surface area contributed by atoms with Crippen LogP contribution in [0.4, 0.5) is 4.39 Å². The molecule has 1 heterocycles. The molecule has 0 N–H and O–H groups in total. The fourth-order valence-corrected chi connectivity index (χ4v) is 1.85. The predicted molar refractivity (Wildman–Crippen MR) is 46.1 cm³/mol. The SMILES string of the molecule is COc1ccc(F)c2ncsc12. The van der Waals surface area contributed by atoms with Crippen LogP contribution < -0.4 is 4.74 Å². The smallest absolute Gasteiger partial charge is 0.150 e. The standard InChI is InChI=1S/C8H6FNOS/c1-11-6-3-2-5(9)7-8(6)12-4-10-7/h2-4H,1H3. The topological polar surface area (TPSA) is 22.1 Å². The van der Waals surface area contributed by atoms with Crippen LogP contribution in [-0.2, 0) is 0 Å². The van der Waals surface area contributed by atoms with Crippen molar-refractivity contribution in [2.24, 2.45) is 0 Å². The number of hydrogen-bond acceptors (Lipinski definition) is 3. The molecule has 0 fully saturated rings. The number of hydrogen-bond donors (Lipinski definition) is 0. The minimum atomic E-state index is -0.299. The molecule has 0 radical (unpaired) electrons. The van der Waals surface area contributed by atoms with E-state index in [1.54, 1.807) is 18.7 Å². The van der Waals surface area contributed by atoms with Crippen LogP contribution in [0.3, 0.4) is 0 Å². The summed E-state index contributed by atoms with van der Waals surface area (Å²) in [6.45, 7) is 0. The summed E-state index contributed by atoms with van der Waals surface area (Å²) >= 11 is 1.38. The number of halogens is 1. The Kier molecular flexibility index (Phi) is 1.69. The molecule has 2 nitrogen and oxygen atoms in total. The van der Waals surface area contributed by atoms with Crippen molar-refractivity contribution in [1.82, 2.24) is 4.98 Å². The lowest BCUT2D eigenvalue weighted by Gasteiger charge is -1.99. The second kappa shape index (κ2) is 2.71. The average molecular weight is 183 g/mol. The van der Waals surface area contributed by atoms with Crippen LogP contribution in [0.2, 0.25) is 0 Å². The fraction of sp³-hybridized carbons (Fsp3) is 0.125. The van der Waals surface area contributed by atoms with Gasteiger partial charge in [-0.1, -0.05) is 0 Å². The number of nitrogens with zero attached hydrogens (tertiary/aromatic N) is 1. The number of rotatable bonds is 1. The van der Waals surface area contributed by atoms with Crippen molar-refractivity contribution < 1.29 is 9.13 Å². The molecule has 4 heteroatoms. The lowest BCUT2D eigenvalue weighted by Crippen LogP contribution is -1.84. The van der Waals surface area contributed by atoms with Crippen LogP contribution in [0.5, 0.6) is 5.75 Å². The Morgan fingerprint density at radius 3 is 3.08 bits per heavy atom. The summed E-state index contributed by atoms with van der Waals surface area (Å²) in [4.78, 5) is 3.89. The van der Waals surface area contributed by atoms with Crippen molar-refractivity contribution in [3.8, 4) is 5.75 Å². The van der Waals surface area contributed by atoms with E-state index in [0.29, 0.717) is 11.3 Å². The molecular formula is C8H6FNOS. The summed E-state index contributed by atoms with van der Waals surface area (Å²) in [6, 6.07) is 2.97. The van der Waals surface area contributed by atoms with Gasteiger partial charge in [0.15, 0.2) is 5.82 Å². The highest BCUT2D eigenvalue weighted by atomic mass is 32.1. The zero-order valence-electron chi connectivity index (χ0n) is 6.37. The molecule has 1 aromatic heterocycles. The van der Waals surface area contributed by atoms with Crippen molar-refractivity contribution in [1.29, 1.82) is 0 Å². The molecule has 0 spiro atoms. The molecule has 0 unspecified atom stereocenters.